The van der Waals surface area contributed by atoms with Crippen LogP contribution in [0.25, 0.3) is 11.3 Å². The highest BCUT2D eigenvalue weighted by Crippen LogP contribution is 2.27. The molecule has 1 amide bonds. The molecule has 0 radical (unpaired) electrons. The average molecular weight is 456 g/mol. The molecule has 0 bridgehead atoms. The van der Waals surface area contributed by atoms with Crippen LogP contribution < -0.4 is 10.2 Å². The summed E-state index contributed by atoms with van der Waals surface area (Å²) in [6.07, 6.45) is 3.44. The zero-order valence-electron chi connectivity index (χ0n) is 18.6. The Morgan fingerprint density at radius 1 is 0.909 bits per heavy atom. The van der Waals surface area contributed by atoms with E-state index in [9.17, 15) is 4.79 Å². The number of pyridine rings is 1. The molecule has 7 heteroatoms. The van der Waals surface area contributed by atoms with E-state index in [4.69, 9.17) is 4.98 Å². The Kier molecular flexibility index (Phi) is 7.32. The first-order chi connectivity index (χ1) is 16.1. The van der Waals surface area contributed by atoms with Gasteiger partial charge in [0.25, 0.3) is 5.91 Å². The molecule has 0 saturated heterocycles. The molecule has 0 saturated carbocycles. The summed E-state index contributed by atoms with van der Waals surface area (Å²) in [7, 11) is 3.94. The van der Waals surface area contributed by atoms with Crippen LogP contribution in [0.3, 0.4) is 0 Å². The summed E-state index contributed by atoms with van der Waals surface area (Å²) < 4.78 is 0. The Labute approximate surface area is 198 Å². The van der Waals surface area contributed by atoms with E-state index in [0.717, 1.165) is 28.2 Å². The van der Waals surface area contributed by atoms with Gasteiger partial charge in [0.1, 0.15) is 5.82 Å². The smallest absolute Gasteiger partial charge is 0.251 e. The topological polar surface area (TPSA) is 71.0 Å². The van der Waals surface area contributed by atoms with E-state index in [-0.39, 0.29) is 5.91 Å². The highest BCUT2D eigenvalue weighted by Gasteiger charge is 2.11. The predicted octanol–water partition coefficient (Wildman–Crippen LogP) is 4.83. The number of amides is 1. The number of nitrogens with one attached hydrogen (secondary N) is 1. The van der Waals surface area contributed by atoms with Crippen LogP contribution in [0.15, 0.2) is 90.3 Å². The van der Waals surface area contributed by atoms with Gasteiger partial charge in [0.05, 0.1) is 5.69 Å². The van der Waals surface area contributed by atoms with E-state index in [2.05, 4.69) is 15.3 Å². The van der Waals surface area contributed by atoms with Gasteiger partial charge in [-0.25, -0.2) is 9.97 Å². The molecule has 33 heavy (non-hydrogen) atoms. The molecule has 1 N–H and O–H groups in total. The fourth-order valence-corrected chi connectivity index (χ4v) is 3.99. The molecule has 0 atom stereocenters. The van der Waals surface area contributed by atoms with Gasteiger partial charge in [-0.2, -0.15) is 0 Å². The van der Waals surface area contributed by atoms with Gasteiger partial charge in [0, 0.05) is 56.0 Å². The van der Waals surface area contributed by atoms with E-state index in [0.29, 0.717) is 23.0 Å². The molecule has 2 aromatic heterocycles. The lowest BCUT2D eigenvalue weighted by Gasteiger charge is -2.14. The summed E-state index contributed by atoms with van der Waals surface area (Å²) in [6.45, 7) is 0.466. The number of benzene rings is 2. The first-order valence-electron chi connectivity index (χ1n) is 10.6. The molecule has 2 heterocycles. The normalized spacial score (nSPS) is 10.6. The van der Waals surface area contributed by atoms with Crippen molar-refractivity contribution in [1.29, 1.82) is 0 Å². The molecule has 0 spiro atoms. The Bertz CT molecular complexity index is 1220. The molecule has 4 aromatic rings. The second-order valence-corrected chi connectivity index (χ2v) is 8.62. The van der Waals surface area contributed by atoms with Crippen molar-refractivity contribution in [3.8, 4) is 11.3 Å². The van der Waals surface area contributed by atoms with Crippen molar-refractivity contribution in [2.45, 2.75) is 17.5 Å². The Morgan fingerprint density at radius 3 is 2.45 bits per heavy atom. The number of hydrogen-bond donors (Lipinski definition) is 1. The second kappa shape index (κ2) is 10.7. The van der Waals surface area contributed by atoms with Crippen molar-refractivity contribution in [3.63, 3.8) is 0 Å². The van der Waals surface area contributed by atoms with Gasteiger partial charge in [-0.05, 0) is 35.4 Å². The first-order valence-corrected chi connectivity index (χ1v) is 11.6. The third kappa shape index (κ3) is 6.17. The lowest BCUT2D eigenvalue weighted by molar-refractivity contribution is 0.0951. The SMILES string of the molecule is CN(C)c1cc(-c2ccccc2)nc(SCc2cccc(C(=O)NCc3ccncc3)c2)n1. The zero-order valence-corrected chi connectivity index (χ0v) is 19.4. The maximum absolute atomic E-state index is 12.6. The lowest BCUT2D eigenvalue weighted by Crippen LogP contribution is -2.22. The summed E-state index contributed by atoms with van der Waals surface area (Å²) in [5.41, 5.74) is 4.63. The minimum Gasteiger partial charge on any atom is -0.363 e. The molecular weight excluding hydrogens is 430 g/mol. The zero-order chi connectivity index (χ0) is 23.0. The number of anilines is 1. The molecule has 2 aromatic carbocycles. The summed E-state index contributed by atoms with van der Waals surface area (Å²) in [5, 5.41) is 3.66. The minimum absolute atomic E-state index is 0.101. The predicted molar refractivity (Wildman–Crippen MR) is 133 cm³/mol. The Morgan fingerprint density at radius 2 is 1.70 bits per heavy atom. The highest BCUT2D eigenvalue weighted by molar-refractivity contribution is 7.98. The van der Waals surface area contributed by atoms with Crippen molar-refractivity contribution in [3.05, 3.63) is 102 Å². The van der Waals surface area contributed by atoms with Crippen molar-refractivity contribution in [1.82, 2.24) is 20.3 Å². The molecule has 0 fully saturated rings. The maximum atomic E-state index is 12.6. The average Bonchev–Trinajstić information content (AvgIpc) is 2.87. The van der Waals surface area contributed by atoms with Gasteiger partial charge in [-0.15, -0.1) is 0 Å². The molecule has 166 valence electrons. The van der Waals surface area contributed by atoms with Gasteiger partial charge in [0.15, 0.2) is 5.16 Å². The van der Waals surface area contributed by atoms with Crippen LogP contribution >= 0.6 is 11.8 Å². The summed E-state index contributed by atoms with van der Waals surface area (Å²) in [6, 6.07) is 23.5. The second-order valence-electron chi connectivity index (χ2n) is 7.68. The summed E-state index contributed by atoms with van der Waals surface area (Å²) in [4.78, 5) is 28.0. The molecular formula is C26H25N5OS. The highest BCUT2D eigenvalue weighted by atomic mass is 32.2. The van der Waals surface area contributed by atoms with Crippen molar-refractivity contribution >= 4 is 23.5 Å². The maximum Gasteiger partial charge on any atom is 0.251 e. The number of carbonyl (C=O) groups excluding carboxylic acids is 1. The fraction of sp³-hybridized carbons (Fsp3) is 0.154. The van der Waals surface area contributed by atoms with Crippen LogP contribution in [0, 0.1) is 0 Å². The largest absolute Gasteiger partial charge is 0.363 e. The molecule has 0 aliphatic carbocycles. The number of carbonyl (C=O) groups is 1. The van der Waals surface area contributed by atoms with Crippen molar-refractivity contribution < 1.29 is 4.79 Å². The van der Waals surface area contributed by atoms with Crippen LogP contribution in [-0.2, 0) is 12.3 Å². The third-order valence-electron chi connectivity index (χ3n) is 4.98. The number of hydrogen-bond acceptors (Lipinski definition) is 6. The van der Waals surface area contributed by atoms with Gasteiger partial charge >= 0.3 is 0 Å². The number of nitrogens with zero attached hydrogens (tertiary/aromatic N) is 4. The fourth-order valence-electron chi connectivity index (χ4n) is 3.20. The molecule has 0 unspecified atom stereocenters. The quantitative estimate of drug-likeness (QED) is 0.303. The Balaban J connectivity index is 1.46. The van der Waals surface area contributed by atoms with Gasteiger partial charge in [-0.1, -0.05) is 54.2 Å². The number of rotatable bonds is 8. The van der Waals surface area contributed by atoms with Crippen molar-refractivity contribution in [2.24, 2.45) is 0 Å². The standard InChI is InChI=1S/C26H25N5OS/c1-31(2)24-16-23(21-8-4-3-5-9-21)29-26(30-24)33-18-20-7-6-10-22(15-20)25(32)28-17-19-11-13-27-14-12-19/h3-16H,17-18H2,1-2H3,(H,28,32). The molecule has 4 rings (SSSR count). The van der Waals surface area contributed by atoms with Crippen LogP contribution in [0.5, 0.6) is 0 Å². The molecule has 0 aliphatic heterocycles. The molecule has 6 nitrogen and oxygen atoms in total. The van der Waals surface area contributed by atoms with E-state index in [1.807, 2.05) is 91.8 Å². The summed E-state index contributed by atoms with van der Waals surface area (Å²) >= 11 is 1.56. The lowest BCUT2D eigenvalue weighted by atomic mass is 10.1. The van der Waals surface area contributed by atoms with Gasteiger partial charge < -0.3 is 10.2 Å². The third-order valence-corrected chi connectivity index (χ3v) is 5.90. The monoisotopic (exact) mass is 455 g/mol. The number of aromatic nitrogens is 3. The van der Waals surface area contributed by atoms with Gasteiger partial charge in [0.2, 0.25) is 0 Å². The van der Waals surface area contributed by atoms with Crippen molar-refractivity contribution in [2.75, 3.05) is 19.0 Å². The summed E-state index contributed by atoms with van der Waals surface area (Å²) in [5.74, 6) is 1.42. The van der Waals surface area contributed by atoms with Gasteiger partial charge in [-0.3, -0.25) is 9.78 Å². The van der Waals surface area contributed by atoms with Crippen LogP contribution in [0.2, 0.25) is 0 Å². The Hall–Kier alpha value is -3.71. The van der Waals surface area contributed by atoms with E-state index in [1.54, 1.807) is 24.2 Å². The van der Waals surface area contributed by atoms with E-state index < -0.39 is 0 Å². The van der Waals surface area contributed by atoms with Crippen LogP contribution in [-0.4, -0.2) is 35.0 Å². The molecule has 0 aliphatic rings. The van der Waals surface area contributed by atoms with Crippen LogP contribution in [0.1, 0.15) is 21.5 Å². The number of thioether (sulfide) groups is 1. The minimum atomic E-state index is -0.101. The van der Waals surface area contributed by atoms with E-state index in [1.165, 1.54) is 0 Å². The first kappa shape index (κ1) is 22.5. The van der Waals surface area contributed by atoms with E-state index >= 15 is 0 Å². The van der Waals surface area contributed by atoms with Crippen LogP contribution in [0.4, 0.5) is 5.82 Å².